The summed E-state index contributed by atoms with van der Waals surface area (Å²) in [5.74, 6) is 0.311. The van der Waals surface area contributed by atoms with Crippen LogP contribution in [0.2, 0.25) is 0 Å². The molecule has 3 heterocycles. The van der Waals surface area contributed by atoms with Crippen molar-refractivity contribution in [2.75, 3.05) is 6.54 Å². The van der Waals surface area contributed by atoms with E-state index in [1.54, 1.807) is 18.5 Å². The van der Waals surface area contributed by atoms with Gasteiger partial charge in [0.25, 0.3) is 5.56 Å². The van der Waals surface area contributed by atoms with Crippen molar-refractivity contribution in [2.45, 2.75) is 19.5 Å². The van der Waals surface area contributed by atoms with E-state index in [2.05, 4.69) is 19.9 Å². The van der Waals surface area contributed by atoms with Gasteiger partial charge in [-0.25, -0.2) is 9.37 Å². The second-order valence-electron chi connectivity index (χ2n) is 6.17. The molecule has 0 aliphatic carbocycles. The number of rotatable bonds is 3. The topological polar surface area (TPSA) is 61.9 Å². The lowest BCUT2D eigenvalue weighted by atomic mass is 10.1. The highest BCUT2D eigenvalue weighted by Crippen LogP contribution is 2.19. The Bertz CT molecular complexity index is 955. The van der Waals surface area contributed by atoms with E-state index in [4.69, 9.17) is 0 Å². The molecule has 0 fully saturated rings. The molecule has 126 valence electrons. The van der Waals surface area contributed by atoms with Gasteiger partial charge >= 0.3 is 0 Å². The highest BCUT2D eigenvalue weighted by atomic mass is 19.1. The van der Waals surface area contributed by atoms with Crippen LogP contribution in [0, 0.1) is 5.82 Å². The monoisotopic (exact) mass is 336 g/mol. The summed E-state index contributed by atoms with van der Waals surface area (Å²) in [6.07, 6.45) is 4.07. The van der Waals surface area contributed by atoms with Crippen molar-refractivity contribution in [3.8, 4) is 11.4 Å². The minimum Gasteiger partial charge on any atom is -0.306 e. The number of hydrogen-bond acceptors (Lipinski definition) is 4. The van der Waals surface area contributed by atoms with Gasteiger partial charge in [-0.1, -0.05) is 12.1 Å². The third-order valence-corrected chi connectivity index (χ3v) is 4.38. The number of aromatic nitrogens is 3. The standard InChI is InChI=1S/C19H17FN4O/c20-15-5-1-3-13(9-15)11-24-8-6-17-16(12-24)19(25)23-18(22-17)14-4-2-7-21-10-14/h1-5,7,9-10H,6,8,11-12H2,(H,22,23,25). The van der Waals surface area contributed by atoms with Gasteiger partial charge in [-0.15, -0.1) is 0 Å². The van der Waals surface area contributed by atoms with Gasteiger partial charge in [0.2, 0.25) is 0 Å². The summed E-state index contributed by atoms with van der Waals surface area (Å²) in [4.78, 5) is 26.2. The van der Waals surface area contributed by atoms with Gasteiger partial charge < -0.3 is 4.98 Å². The molecule has 0 bridgehead atoms. The van der Waals surface area contributed by atoms with Crippen molar-refractivity contribution < 1.29 is 4.39 Å². The van der Waals surface area contributed by atoms with Gasteiger partial charge in [0.15, 0.2) is 0 Å². The summed E-state index contributed by atoms with van der Waals surface area (Å²) in [6, 6.07) is 10.3. The Kier molecular flexibility index (Phi) is 4.11. The predicted molar refractivity (Wildman–Crippen MR) is 92.3 cm³/mol. The Morgan fingerprint density at radius 2 is 2.16 bits per heavy atom. The molecular weight excluding hydrogens is 319 g/mol. The summed E-state index contributed by atoms with van der Waals surface area (Å²) < 4.78 is 13.3. The van der Waals surface area contributed by atoms with E-state index < -0.39 is 0 Å². The number of fused-ring (bicyclic) bond motifs is 1. The third kappa shape index (κ3) is 3.34. The molecule has 1 aromatic carbocycles. The molecule has 3 aromatic rings. The number of nitrogens with zero attached hydrogens (tertiary/aromatic N) is 3. The smallest absolute Gasteiger partial charge is 0.255 e. The molecule has 0 saturated carbocycles. The van der Waals surface area contributed by atoms with Gasteiger partial charge in [0.1, 0.15) is 11.6 Å². The Morgan fingerprint density at radius 3 is 2.96 bits per heavy atom. The van der Waals surface area contributed by atoms with Crippen molar-refractivity contribution >= 4 is 0 Å². The number of nitrogens with one attached hydrogen (secondary N) is 1. The fraction of sp³-hybridized carbons (Fsp3) is 0.211. The van der Waals surface area contributed by atoms with Crippen LogP contribution in [0.4, 0.5) is 4.39 Å². The van der Waals surface area contributed by atoms with E-state index in [9.17, 15) is 9.18 Å². The molecule has 5 nitrogen and oxygen atoms in total. The molecular formula is C19H17FN4O. The maximum Gasteiger partial charge on any atom is 0.255 e. The normalized spacial score (nSPS) is 14.3. The van der Waals surface area contributed by atoms with E-state index >= 15 is 0 Å². The highest BCUT2D eigenvalue weighted by molar-refractivity contribution is 5.53. The van der Waals surface area contributed by atoms with Gasteiger partial charge in [-0.05, 0) is 29.8 Å². The van der Waals surface area contributed by atoms with Crippen LogP contribution in [0.25, 0.3) is 11.4 Å². The van der Waals surface area contributed by atoms with Crippen molar-refractivity contribution in [2.24, 2.45) is 0 Å². The lowest BCUT2D eigenvalue weighted by Crippen LogP contribution is -2.35. The predicted octanol–water partition coefficient (Wildman–Crippen LogP) is 2.53. The van der Waals surface area contributed by atoms with Gasteiger partial charge in [-0.3, -0.25) is 14.7 Å². The fourth-order valence-electron chi connectivity index (χ4n) is 3.15. The minimum absolute atomic E-state index is 0.118. The Hall–Kier alpha value is -2.86. The van der Waals surface area contributed by atoms with Crippen LogP contribution in [0.1, 0.15) is 16.8 Å². The van der Waals surface area contributed by atoms with Gasteiger partial charge in [0.05, 0.1) is 11.3 Å². The van der Waals surface area contributed by atoms with E-state index in [0.29, 0.717) is 30.9 Å². The zero-order valence-electron chi connectivity index (χ0n) is 13.6. The van der Waals surface area contributed by atoms with E-state index in [1.165, 1.54) is 12.1 Å². The zero-order chi connectivity index (χ0) is 17.2. The minimum atomic E-state index is -0.240. The SMILES string of the molecule is O=c1[nH]c(-c2cccnc2)nc2c1CN(Cc1cccc(F)c1)CC2. The molecule has 0 amide bonds. The summed E-state index contributed by atoms with van der Waals surface area (Å²) >= 11 is 0. The first-order chi connectivity index (χ1) is 12.2. The van der Waals surface area contributed by atoms with Crippen molar-refractivity contribution in [1.29, 1.82) is 0 Å². The first-order valence-electron chi connectivity index (χ1n) is 8.18. The molecule has 1 aliphatic rings. The Morgan fingerprint density at radius 1 is 1.24 bits per heavy atom. The molecule has 0 saturated heterocycles. The van der Waals surface area contributed by atoms with E-state index in [0.717, 1.165) is 23.4 Å². The zero-order valence-corrected chi connectivity index (χ0v) is 13.6. The number of hydrogen-bond donors (Lipinski definition) is 1. The van der Waals surface area contributed by atoms with E-state index in [-0.39, 0.29) is 11.4 Å². The molecule has 0 unspecified atom stereocenters. The molecule has 1 N–H and O–H groups in total. The fourth-order valence-corrected chi connectivity index (χ4v) is 3.15. The quantitative estimate of drug-likeness (QED) is 0.798. The maximum atomic E-state index is 13.3. The third-order valence-electron chi connectivity index (χ3n) is 4.38. The largest absolute Gasteiger partial charge is 0.306 e. The molecule has 0 atom stereocenters. The number of aromatic amines is 1. The Labute approximate surface area is 144 Å². The molecule has 6 heteroatoms. The second kappa shape index (κ2) is 6.57. The molecule has 1 aliphatic heterocycles. The summed E-state index contributed by atoms with van der Waals surface area (Å²) in [7, 11) is 0. The van der Waals surface area contributed by atoms with Crippen molar-refractivity contribution in [1.82, 2.24) is 19.9 Å². The van der Waals surface area contributed by atoms with Crippen molar-refractivity contribution in [3.63, 3.8) is 0 Å². The molecule has 25 heavy (non-hydrogen) atoms. The summed E-state index contributed by atoms with van der Waals surface area (Å²) in [6.45, 7) is 1.91. The van der Waals surface area contributed by atoms with Crippen LogP contribution in [0.3, 0.4) is 0 Å². The number of pyridine rings is 1. The van der Waals surface area contributed by atoms with E-state index in [1.807, 2.05) is 18.2 Å². The van der Waals surface area contributed by atoms with Gasteiger partial charge in [-0.2, -0.15) is 0 Å². The lowest BCUT2D eigenvalue weighted by Gasteiger charge is -2.27. The maximum absolute atomic E-state index is 13.3. The molecule has 4 rings (SSSR count). The van der Waals surface area contributed by atoms with Crippen LogP contribution < -0.4 is 5.56 Å². The average molecular weight is 336 g/mol. The lowest BCUT2D eigenvalue weighted by molar-refractivity contribution is 0.241. The molecule has 0 spiro atoms. The number of H-pyrrole nitrogens is 1. The average Bonchev–Trinajstić information content (AvgIpc) is 2.63. The van der Waals surface area contributed by atoms with Crippen LogP contribution in [-0.2, 0) is 19.5 Å². The van der Waals surface area contributed by atoms with Crippen LogP contribution >= 0.6 is 0 Å². The first-order valence-corrected chi connectivity index (χ1v) is 8.18. The Balaban J connectivity index is 1.58. The summed E-state index contributed by atoms with van der Waals surface area (Å²) in [5, 5.41) is 0. The van der Waals surface area contributed by atoms with Gasteiger partial charge in [0, 0.05) is 44.0 Å². The summed E-state index contributed by atoms with van der Waals surface area (Å²) in [5.41, 5.74) is 3.10. The second-order valence-corrected chi connectivity index (χ2v) is 6.17. The van der Waals surface area contributed by atoms with Crippen LogP contribution in [0.5, 0.6) is 0 Å². The van der Waals surface area contributed by atoms with Crippen LogP contribution in [-0.4, -0.2) is 26.4 Å². The van der Waals surface area contributed by atoms with Crippen LogP contribution in [0.15, 0.2) is 53.6 Å². The number of halogens is 1. The molecule has 0 radical (unpaired) electrons. The molecule has 2 aromatic heterocycles. The highest BCUT2D eigenvalue weighted by Gasteiger charge is 2.21. The van der Waals surface area contributed by atoms with Crippen molar-refractivity contribution in [3.05, 3.63) is 81.8 Å². The number of benzene rings is 1. The first kappa shape index (κ1) is 15.7.